The predicted octanol–water partition coefficient (Wildman–Crippen LogP) is 2.28. The van der Waals surface area contributed by atoms with Crippen LogP contribution in [-0.2, 0) is 0 Å². The minimum absolute atomic E-state index is 0.155. The fraction of sp³-hybridized carbons (Fsp3) is 0.556. The molecule has 1 atom stereocenters. The Labute approximate surface area is 63.1 Å². The smallest absolute Gasteiger partial charge is 0.0512 e. The van der Waals surface area contributed by atoms with Crippen LogP contribution in [0.5, 0.6) is 0 Å². The highest BCUT2D eigenvalue weighted by atomic mass is 16.3. The standard InChI is InChI=1S/C9H16O/c1-3-4-5-6-7-8-9(2)10/h3-5,9-10H,1,6-8H2,2H3/b5-4-. The lowest BCUT2D eigenvalue weighted by Crippen LogP contribution is -1.97. The summed E-state index contributed by atoms with van der Waals surface area (Å²) >= 11 is 0. The second kappa shape index (κ2) is 6.56. The Morgan fingerprint density at radius 3 is 2.80 bits per heavy atom. The first-order chi connectivity index (χ1) is 4.77. The van der Waals surface area contributed by atoms with E-state index in [2.05, 4.69) is 12.7 Å². The van der Waals surface area contributed by atoms with E-state index < -0.39 is 0 Å². The highest BCUT2D eigenvalue weighted by Gasteiger charge is 1.91. The Morgan fingerprint density at radius 2 is 2.30 bits per heavy atom. The summed E-state index contributed by atoms with van der Waals surface area (Å²) in [6.07, 6.45) is 8.59. The zero-order chi connectivity index (χ0) is 7.82. The van der Waals surface area contributed by atoms with Crippen molar-refractivity contribution in [3.05, 3.63) is 24.8 Å². The average Bonchev–Trinajstić information content (AvgIpc) is 1.87. The van der Waals surface area contributed by atoms with E-state index in [0.29, 0.717) is 0 Å². The molecule has 0 rings (SSSR count). The first-order valence-corrected chi connectivity index (χ1v) is 3.73. The molecule has 0 bridgehead atoms. The van der Waals surface area contributed by atoms with E-state index in [1.165, 1.54) is 0 Å². The van der Waals surface area contributed by atoms with Crippen molar-refractivity contribution in [3.8, 4) is 0 Å². The monoisotopic (exact) mass is 140 g/mol. The maximum atomic E-state index is 8.86. The molecule has 0 saturated carbocycles. The summed E-state index contributed by atoms with van der Waals surface area (Å²) in [5, 5.41) is 8.86. The van der Waals surface area contributed by atoms with E-state index in [0.717, 1.165) is 19.3 Å². The molecule has 1 nitrogen and oxygen atoms in total. The van der Waals surface area contributed by atoms with Crippen LogP contribution < -0.4 is 0 Å². The van der Waals surface area contributed by atoms with Crippen LogP contribution in [0, 0.1) is 0 Å². The van der Waals surface area contributed by atoms with Crippen molar-refractivity contribution in [3.63, 3.8) is 0 Å². The largest absolute Gasteiger partial charge is 0.393 e. The van der Waals surface area contributed by atoms with Gasteiger partial charge in [0.25, 0.3) is 0 Å². The lowest BCUT2D eigenvalue weighted by molar-refractivity contribution is 0.182. The minimum atomic E-state index is -0.155. The third-order valence-corrected chi connectivity index (χ3v) is 1.26. The van der Waals surface area contributed by atoms with Gasteiger partial charge in [0.05, 0.1) is 6.10 Å². The number of hydrogen-bond donors (Lipinski definition) is 1. The normalized spacial score (nSPS) is 13.8. The van der Waals surface area contributed by atoms with Gasteiger partial charge in [-0.2, -0.15) is 0 Å². The Balaban J connectivity index is 3.04. The van der Waals surface area contributed by atoms with Crippen LogP contribution in [0.2, 0.25) is 0 Å². The van der Waals surface area contributed by atoms with E-state index in [1.807, 2.05) is 13.0 Å². The highest BCUT2D eigenvalue weighted by Crippen LogP contribution is 2.00. The van der Waals surface area contributed by atoms with Crippen molar-refractivity contribution in [2.75, 3.05) is 0 Å². The van der Waals surface area contributed by atoms with E-state index in [1.54, 1.807) is 6.08 Å². The highest BCUT2D eigenvalue weighted by molar-refractivity contribution is 4.96. The fourth-order valence-electron chi connectivity index (χ4n) is 0.724. The molecule has 0 amide bonds. The number of unbranched alkanes of at least 4 members (excludes halogenated alkanes) is 1. The van der Waals surface area contributed by atoms with Gasteiger partial charge in [-0.25, -0.2) is 0 Å². The van der Waals surface area contributed by atoms with Crippen molar-refractivity contribution in [2.45, 2.75) is 32.3 Å². The molecular weight excluding hydrogens is 124 g/mol. The molecule has 1 N–H and O–H groups in total. The van der Waals surface area contributed by atoms with Gasteiger partial charge in [-0.1, -0.05) is 24.8 Å². The Morgan fingerprint density at radius 1 is 1.60 bits per heavy atom. The van der Waals surface area contributed by atoms with Crippen LogP contribution in [0.15, 0.2) is 24.8 Å². The molecule has 0 aliphatic heterocycles. The Bertz CT molecular complexity index is 103. The van der Waals surface area contributed by atoms with Gasteiger partial charge in [0.1, 0.15) is 0 Å². The average molecular weight is 140 g/mol. The van der Waals surface area contributed by atoms with Crippen molar-refractivity contribution in [1.82, 2.24) is 0 Å². The van der Waals surface area contributed by atoms with Gasteiger partial charge >= 0.3 is 0 Å². The molecule has 0 aromatic rings. The SMILES string of the molecule is C=C/C=C\CCCC(C)O. The van der Waals surface area contributed by atoms with Crippen LogP contribution in [0.3, 0.4) is 0 Å². The third kappa shape index (κ3) is 7.44. The topological polar surface area (TPSA) is 20.2 Å². The van der Waals surface area contributed by atoms with Gasteiger partial charge < -0.3 is 5.11 Å². The first kappa shape index (κ1) is 9.44. The van der Waals surface area contributed by atoms with Crippen molar-refractivity contribution in [1.29, 1.82) is 0 Å². The minimum Gasteiger partial charge on any atom is -0.393 e. The van der Waals surface area contributed by atoms with Gasteiger partial charge in [0.15, 0.2) is 0 Å². The quantitative estimate of drug-likeness (QED) is 0.459. The number of hydrogen-bond acceptors (Lipinski definition) is 1. The molecule has 58 valence electrons. The number of allylic oxidation sites excluding steroid dienone is 3. The molecule has 0 aromatic carbocycles. The van der Waals surface area contributed by atoms with Crippen molar-refractivity contribution in [2.24, 2.45) is 0 Å². The van der Waals surface area contributed by atoms with Gasteiger partial charge in [0, 0.05) is 0 Å². The molecule has 0 fully saturated rings. The van der Waals surface area contributed by atoms with Gasteiger partial charge in [-0.05, 0) is 26.2 Å². The van der Waals surface area contributed by atoms with Gasteiger partial charge in [0.2, 0.25) is 0 Å². The molecule has 1 heteroatoms. The summed E-state index contributed by atoms with van der Waals surface area (Å²) < 4.78 is 0. The van der Waals surface area contributed by atoms with Gasteiger partial charge in [-0.15, -0.1) is 0 Å². The van der Waals surface area contributed by atoms with Crippen LogP contribution in [0.1, 0.15) is 26.2 Å². The van der Waals surface area contributed by atoms with E-state index >= 15 is 0 Å². The molecule has 0 heterocycles. The molecule has 0 aliphatic carbocycles. The summed E-state index contributed by atoms with van der Waals surface area (Å²) in [5.74, 6) is 0. The lowest BCUT2D eigenvalue weighted by atomic mass is 10.2. The first-order valence-electron chi connectivity index (χ1n) is 3.73. The van der Waals surface area contributed by atoms with E-state index in [9.17, 15) is 0 Å². The lowest BCUT2D eigenvalue weighted by Gasteiger charge is -1.99. The van der Waals surface area contributed by atoms with Crippen molar-refractivity contribution >= 4 is 0 Å². The van der Waals surface area contributed by atoms with Crippen LogP contribution in [-0.4, -0.2) is 11.2 Å². The molecule has 10 heavy (non-hydrogen) atoms. The second-order valence-corrected chi connectivity index (χ2v) is 2.44. The maximum Gasteiger partial charge on any atom is 0.0512 e. The van der Waals surface area contributed by atoms with Crippen molar-refractivity contribution < 1.29 is 5.11 Å². The molecule has 0 aliphatic rings. The molecule has 0 radical (unpaired) electrons. The van der Waals surface area contributed by atoms with Crippen LogP contribution >= 0.6 is 0 Å². The number of rotatable bonds is 5. The summed E-state index contributed by atoms with van der Waals surface area (Å²) in [5.41, 5.74) is 0. The maximum absolute atomic E-state index is 8.86. The molecular formula is C9H16O. The molecule has 0 saturated heterocycles. The van der Waals surface area contributed by atoms with E-state index in [-0.39, 0.29) is 6.10 Å². The molecule has 0 aromatic heterocycles. The Kier molecular flexibility index (Phi) is 6.19. The van der Waals surface area contributed by atoms with Crippen LogP contribution in [0.4, 0.5) is 0 Å². The van der Waals surface area contributed by atoms with Gasteiger partial charge in [-0.3, -0.25) is 0 Å². The zero-order valence-corrected chi connectivity index (χ0v) is 6.59. The summed E-state index contributed by atoms with van der Waals surface area (Å²) in [7, 11) is 0. The zero-order valence-electron chi connectivity index (χ0n) is 6.59. The molecule has 0 spiro atoms. The number of aliphatic hydroxyl groups excluding tert-OH is 1. The molecule has 1 unspecified atom stereocenters. The van der Waals surface area contributed by atoms with Crippen LogP contribution in [0.25, 0.3) is 0 Å². The third-order valence-electron chi connectivity index (χ3n) is 1.26. The second-order valence-electron chi connectivity index (χ2n) is 2.44. The predicted molar refractivity (Wildman–Crippen MR) is 44.9 cm³/mol. The number of aliphatic hydroxyl groups is 1. The van der Waals surface area contributed by atoms with E-state index in [4.69, 9.17) is 5.11 Å². The fourth-order valence-corrected chi connectivity index (χ4v) is 0.724. The summed E-state index contributed by atoms with van der Waals surface area (Å²) in [6, 6.07) is 0. The summed E-state index contributed by atoms with van der Waals surface area (Å²) in [6.45, 7) is 5.37. The summed E-state index contributed by atoms with van der Waals surface area (Å²) in [4.78, 5) is 0. The Hall–Kier alpha value is -0.560.